The van der Waals surface area contributed by atoms with Crippen molar-refractivity contribution in [3.63, 3.8) is 0 Å². The number of hydrogen-bond donors (Lipinski definition) is 3. The molecular formula is C15H14FN3O2. The fourth-order valence-corrected chi connectivity index (χ4v) is 1.75. The maximum atomic E-state index is 12.7. The number of para-hydroxylation sites is 1. The van der Waals surface area contributed by atoms with E-state index in [1.807, 2.05) is 0 Å². The molecule has 0 saturated heterocycles. The molecule has 0 aliphatic rings. The lowest BCUT2D eigenvalue weighted by Crippen LogP contribution is -2.24. The van der Waals surface area contributed by atoms with Gasteiger partial charge in [0.25, 0.3) is 5.91 Å². The van der Waals surface area contributed by atoms with Gasteiger partial charge in [0, 0.05) is 5.69 Å². The molecule has 0 saturated carbocycles. The first-order valence-electron chi connectivity index (χ1n) is 6.24. The van der Waals surface area contributed by atoms with Crippen LogP contribution in [0, 0.1) is 5.82 Å². The fraction of sp³-hybridized carbons (Fsp3) is 0.0667. The van der Waals surface area contributed by atoms with Crippen LogP contribution in [0.1, 0.15) is 10.4 Å². The van der Waals surface area contributed by atoms with Crippen molar-refractivity contribution in [1.29, 1.82) is 0 Å². The highest BCUT2D eigenvalue weighted by Gasteiger charge is 2.09. The van der Waals surface area contributed by atoms with E-state index in [-0.39, 0.29) is 23.8 Å². The minimum Gasteiger partial charge on any atom is -0.376 e. The Balaban J connectivity index is 1.96. The van der Waals surface area contributed by atoms with E-state index in [4.69, 9.17) is 5.73 Å². The number of rotatable bonds is 5. The third-order valence-electron chi connectivity index (χ3n) is 2.76. The number of nitrogens with one attached hydrogen (secondary N) is 2. The molecule has 2 rings (SSSR count). The van der Waals surface area contributed by atoms with Gasteiger partial charge < -0.3 is 16.4 Å². The highest BCUT2D eigenvalue weighted by Crippen LogP contribution is 2.14. The average Bonchev–Trinajstić information content (AvgIpc) is 2.47. The van der Waals surface area contributed by atoms with Crippen molar-refractivity contribution < 1.29 is 14.0 Å². The Morgan fingerprint density at radius 2 is 1.71 bits per heavy atom. The van der Waals surface area contributed by atoms with Crippen molar-refractivity contribution >= 4 is 23.2 Å². The molecule has 6 heteroatoms. The largest absolute Gasteiger partial charge is 0.376 e. The predicted octanol–water partition coefficient (Wildman–Crippen LogP) is 1.98. The number of hydrogen-bond acceptors (Lipinski definition) is 3. The second-order valence-electron chi connectivity index (χ2n) is 4.32. The third kappa shape index (κ3) is 4.04. The van der Waals surface area contributed by atoms with Gasteiger partial charge in [-0.3, -0.25) is 9.59 Å². The summed E-state index contributed by atoms with van der Waals surface area (Å²) in [4.78, 5) is 23.1. The summed E-state index contributed by atoms with van der Waals surface area (Å²) in [6.07, 6.45) is 0. The lowest BCUT2D eigenvalue weighted by Gasteiger charge is -2.10. The summed E-state index contributed by atoms with van der Waals surface area (Å²) in [6, 6.07) is 12.1. The van der Waals surface area contributed by atoms with Crippen LogP contribution in [0.5, 0.6) is 0 Å². The van der Waals surface area contributed by atoms with Crippen LogP contribution in [-0.4, -0.2) is 18.4 Å². The van der Waals surface area contributed by atoms with E-state index >= 15 is 0 Å². The van der Waals surface area contributed by atoms with Gasteiger partial charge in [-0.15, -0.1) is 0 Å². The van der Waals surface area contributed by atoms with Crippen molar-refractivity contribution in [2.45, 2.75) is 0 Å². The Morgan fingerprint density at radius 1 is 1.05 bits per heavy atom. The Morgan fingerprint density at radius 3 is 2.38 bits per heavy atom. The maximum Gasteiger partial charge on any atom is 0.250 e. The lowest BCUT2D eigenvalue weighted by molar-refractivity contribution is -0.114. The van der Waals surface area contributed by atoms with Crippen molar-refractivity contribution in [2.24, 2.45) is 5.73 Å². The van der Waals surface area contributed by atoms with Crippen LogP contribution in [0.3, 0.4) is 0 Å². The monoisotopic (exact) mass is 287 g/mol. The zero-order valence-corrected chi connectivity index (χ0v) is 11.1. The molecule has 0 radical (unpaired) electrons. The molecule has 0 bridgehead atoms. The van der Waals surface area contributed by atoms with Crippen LogP contribution in [0.15, 0.2) is 48.5 Å². The van der Waals surface area contributed by atoms with E-state index in [0.29, 0.717) is 11.4 Å². The average molecular weight is 287 g/mol. The number of halogens is 1. The van der Waals surface area contributed by atoms with E-state index in [1.165, 1.54) is 30.3 Å². The molecule has 21 heavy (non-hydrogen) atoms. The summed E-state index contributed by atoms with van der Waals surface area (Å²) in [5.74, 6) is -1.30. The molecule has 0 fully saturated rings. The molecule has 108 valence electrons. The van der Waals surface area contributed by atoms with Crippen molar-refractivity contribution in [1.82, 2.24) is 0 Å². The number of benzene rings is 2. The first-order valence-corrected chi connectivity index (χ1v) is 6.24. The number of primary amides is 1. The Hall–Kier alpha value is -2.89. The zero-order valence-electron chi connectivity index (χ0n) is 11.1. The van der Waals surface area contributed by atoms with Gasteiger partial charge in [0.2, 0.25) is 5.91 Å². The van der Waals surface area contributed by atoms with Crippen LogP contribution < -0.4 is 16.4 Å². The first-order chi connectivity index (χ1) is 10.1. The molecule has 0 spiro atoms. The van der Waals surface area contributed by atoms with Crippen molar-refractivity contribution in [2.75, 3.05) is 17.2 Å². The van der Waals surface area contributed by atoms with E-state index in [9.17, 15) is 14.0 Å². The van der Waals surface area contributed by atoms with Gasteiger partial charge in [-0.05, 0) is 36.4 Å². The minimum atomic E-state index is -0.614. The topological polar surface area (TPSA) is 84.2 Å². The molecule has 0 aromatic heterocycles. The molecule has 5 nitrogen and oxygen atoms in total. The van der Waals surface area contributed by atoms with E-state index in [1.54, 1.807) is 18.2 Å². The van der Waals surface area contributed by atoms with Gasteiger partial charge in [-0.25, -0.2) is 4.39 Å². The summed E-state index contributed by atoms with van der Waals surface area (Å²) >= 11 is 0. The molecule has 0 aliphatic heterocycles. The Labute approximate surface area is 121 Å². The number of carbonyl (C=O) groups is 2. The SMILES string of the molecule is NC(=O)c1ccccc1NC(=O)CNc1ccc(F)cc1. The smallest absolute Gasteiger partial charge is 0.250 e. The molecule has 0 unspecified atom stereocenters. The van der Waals surface area contributed by atoms with E-state index < -0.39 is 5.91 Å². The quantitative estimate of drug-likeness (QED) is 0.786. The summed E-state index contributed by atoms with van der Waals surface area (Å²) < 4.78 is 12.7. The zero-order chi connectivity index (χ0) is 15.2. The number of carbonyl (C=O) groups excluding carboxylic acids is 2. The van der Waals surface area contributed by atoms with Gasteiger partial charge in [0.15, 0.2) is 0 Å². The standard InChI is InChI=1S/C15H14FN3O2/c16-10-5-7-11(8-6-10)18-9-14(20)19-13-4-2-1-3-12(13)15(17)21/h1-8,18H,9H2,(H2,17,21)(H,19,20). The Bertz CT molecular complexity index is 656. The van der Waals surface area contributed by atoms with Crippen LogP contribution in [0.4, 0.5) is 15.8 Å². The second kappa shape index (κ2) is 6.51. The minimum absolute atomic E-state index is 0.0152. The van der Waals surface area contributed by atoms with Gasteiger partial charge >= 0.3 is 0 Å². The highest BCUT2D eigenvalue weighted by molar-refractivity contribution is 6.03. The van der Waals surface area contributed by atoms with Crippen LogP contribution >= 0.6 is 0 Å². The van der Waals surface area contributed by atoms with E-state index in [0.717, 1.165) is 0 Å². The number of nitrogens with two attached hydrogens (primary N) is 1. The van der Waals surface area contributed by atoms with Gasteiger partial charge in [-0.2, -0.15) is 0 Å². The maximum absolute atomic E-state index is 12.7. The van der Waals surface area contributed by atoms with Gasteiger partial charge in [-0.1, -0.05) is 12.1 Å². The molecule has 2 aromatic carbocycles. The second-order valence-corrected chi connectivity index (χ2v) is 4.32. The molecule has 2 amide bonds. The molecule has 0 aliphatic carbocycles. The first kappa shape index (κ1) is 14.5. The van der Waals surface area contributed by atoms with E-state index in [2.05, 4.69) is 10.6 Å². The summed E-state index contributed by atoms with van der Waals surface area (Å²) in [5.41, 5.74) is 6.45. The normalized spacial score (nSPS) is 9.95. The fourth-order valence-electron chi connectivity index (χ4n) is 1.75. The highest BCUT2D eigenvalue weighted by atomic mass is 19.1. The predicted molar refractivity (Wildman–Crippen MR) is 78.5 cm³/mol. The molecular weight excluding hydrogens is 273 g/mol. The van der Waals surface area contributed by atoms with Crippen LogP contribution in [0.2, 0.25) is 0 Å². The lowest BCUT2D eigenvalue weighted by atomic mass is 10.1. The molecule has 4 N–H and O–H groups in total. The molecule has 2 aromatic rings. The summed E-state index contributed by atoms with van der Waals surface area (Å²) in [5, 5.41) is 5.44. The Kier molecular flexibility index (Phi) is 4.50. The van der Waals surface area contributed by atoms with Crippen molar-refractivity contribution in [3.8, 4) is 0 Å². The van der Waals surface area contributed by atoms with Crippen LogP contribution in [-0.2, 0) is 4.79 Å². The summed E-state index contributed by atoms with van der Waals surface area (Å²) in [6.45, 7) is -0.0152. The van der Waals surface area contributed by atoms with Crippen LogP contribution in [0.25, 0.3) is 0 Å². The summed E-state index contributed by atoms with van der Waals surface area (Å²) in [7, 11) is 0. The molecule has 0 heterocycles. The van der Waals surface area contributed by atoms with Gasteiger partial charge in [0.1, 0.15) is 5.82 Å². The third-order valence-corrected chi connectivity index (χ3v) is 2.76. The number of anilines is 2. The van der Waals surface area contributed by atoms with Gasteiger partial charge in [0.05, 0.1) is 17.8 Å². The number of amides is 2. The van der Waals surface area contributed by atoms with Crippen molar-refractivity contribution in [3.05, 3.63) is 59.9 Å². The molecule has 0 atom stereocenters.